The minimum absolute atomic E-state index is 0.731. The lowest BCUT2D eigenvalue weighted by molar-refractivity contribution is 0.278. The Morgan fingerprint density at radius 2 is 1.33 bits per heavy atom. The van der Waals surface area contributed by atoms with Gasteiger partial charge in [0.25, 0.3) is 0 Å². The van der Waals surface area contributed by atoms with E-state index in [-0.39, 0.29) is 0 Å². The number of ether oxygens (including phenoxy) is 2. The monoisotopic (exact) mass is 128 g/mol. The maximum absolute atomic E-state index is 4.83. The molecule has 0 fully saturated rings. The number of allylic oxidation sites excluding steroid dienone is 1. The van der Waals surface area contributed by atoms with Gasteiger partial charge in [-0.1, -0.05) is 0 Å². The van der Waals surface area contributed by atoms with Crippen molar-refractivity contribution in [1.29, 1.82) is 0 Å². The highest BCUT2D eigenvalue weighted by molar-refractivity contribution is 4.93. The molecule has 0 aliphatic carbocycles. The van der Waals surface area contributed by atoms with Crippen LogP contribution in [0.5, 0.6) is 0 Å². The Hall–Kier alpha value is -0.880. The summed E-state index contributed by atoms with van der Waals surface area (Å²) in [6, 6.07) is 0. The van der Waals surface area contributed by atoms with Crippen LogP contribution >= 0.6 is 0 Å². The Bertz CT molecular complexity index is 127. The van der Waals surface area contributed by atoms with Gasteiger partial charge in [0.2, 0.25) is 0 Å². The van der Waals surface area contributed by atoms with E-state index in [1.165, 1.54) is 0 Å². The lowest BCUT2D eigenvalue weighted by atomic mass is 10.5. The molecule has 0 aromatic rings. The Kier molecular flexibility index (Phi) is 3.65. The smallest absolute Gasteiger partial charge is 0.138 e. The van der Waals surface area contributed by atoms with Crippen LogP contribution in [0.15, 0.2) is 17.2 Å². The second kappa shape index (κ2) is 4.04. The van der Waals surface area contributed by atoms with E-state index >= 15 is 0 Å². The molecule has 0 N–H and O–H groups in total. The zero-order valence-electron chi connectivity index (χ0n) is 6.32. The van der Waals surface area contributed by atoms with Crippen molar-refractivity contribution in [2.75, 3.05) is 14.2 Å². The van der Waals surface area contributed by atoms with Gasteiger partial charge in [0, 0.05) is 13.8 Å². The molecule has 9 heavy (non-hydrogen) atoms. The highest BCUT2D eigenvalue weighted by Crippen LogP contribution is 1.94. The summed E-state index contributed by atoms with van der Waals surface area (Å²) < 4.78 is 9.65. The van der Waals surface area contributed by atoms with Gasteiger partial charge in [-0.05, 0) is 5.73 Å². The second-order valence-electron chi connectivity index (χ2n) is 1.65. The summed E-state index contributed by atoms with van der Waals surface area (Å²) in [5, 5.41) is 0. The number of hydrogen-bond acceptors (Lipinski definition) is 2. The summed E-state index contributed by atoms with van der Waals surface area (Å²) in [6.07, 6.45) is 0. The highest BCUT2D eigenvalue weighted by Gasteiger charge is 1.82. The van der Waals surface area contributed by atoms with Crippen LogP contribution < -0.4 is 0 Å². The molecule has 0 amide bonds. The van der Waals surface area contributed by atoms with Crippen LogP contribution in [-0.4, -0.2) is 14.2 Å². The topological polar surface area (TPSA) is 18.5 Å². The highest BCUT2D eigenvalue weighted by atomic mass is 16.5. The number of rotatable bonds is 2. The molecule has 0 saturated carbocycles. The van der Waals surface area contributed by atoms with Crippen molar-refractivity contribution < 1.29 is 9.47 Å². The molecule has 0 unspecified atom stereocenters. The minimum Gasteiger partial charge on any atom is -0.493 e. The standard InChI is InChI=1S/C7H12O2/c1-6(8-3)5-7(2)9-4/h1-4H3. The minimum atomic E-state index is 0.731. The largest absolute Gasteiger partial charge is 0.493 e. The Labute approximate surface area is 55.8 Å². The molecule has 0 aliphatic rings. The summed E-state index contributed by atoms with van der Waals surface area (Å²) in [4.78, 5) is 0. The SMILES string of the molecule is COC(C)=C=C(C)OC. The van der Waals surface area contributed by atoms with Crippen molar-refractivity contribution in [2.24, 2.45) is 0 Å². The van der Waals surface area contributed by atoms with E-state index in [4.69, 9.17) is 9.47 Å². The van der Waals surface area contributed by atoms with E-state index in [1.807, 2.05) is 13.8 Å². The third-order valence-corrected chi connectivity index (χ3v) is 0.964. The van der Waals surface area contributed by atoms with Gasteiger partial charge in [-0.15, -0.1) is 0 Å². The molecule has 0 radical (unpaired) electrons. The lowest BCUT2D eigenvalue weighted by Crippen LogP contribution is -1.79. The van der Waals surface area contributed by atoms with Crippen LogP contribution in [0.25, 0.3) is 0 Å². The van der Waals surface area contributed by atoms with E-state index in [9.17, 15) is 0 Å². The molecule has 0 heterocycles. The van der Waals surface area contributed by atoms with Crippen molar-refractivity contribution in [3.63, 3.8) is 0 Å². The van der Waals surface area contributed by atoms with Gasteiger partial charge in [-0.25, -0.2) is 0 Å². The molecule has 52 valence electrons. The fourth-order valence-electron chi connectivity index (χ4n) is 0.350. The van der Waals surface area contributed by atoms with Gasteiger partial charge in [0.15, 0.2) is 0 Å². The third-order valence-electron chi connectivity index (χ3n) is 0.964. The van der Waals surface area contributed by atoms with Crippen LogP contribution in [0, 0.1) is 0 Å². The molecule has 0 spiro atoms. The Morgan fingerprint density at radius 3 is 1.56 bits per heavy atom. The normalized spacial score (nSPS) is 7.56. The molecule has 0 bridgehead atoms. The zero-order valence-corrected chi connectivity index (χ0v) is 6.32. The first-order valence-corrected chi connectivity index (χ1v) is 2.72. The number of hydrogen-bond donors (Lipinski definition) is 0. The summed E-state index contributed by atoms with van der Waals surface area (Å²) in [6.45, 7) is 3.64. The van der Waals surface area contributed by atoms with Crippen molar-refractivity contribution in [2.45, 2.75) is 13.8 Å². The van der Waals surface area contributed by atoms with E-state index in [1.54, 1.807) is 14.2 Å². The number of methoxy groups -OCH3 is 2. The average molecular weight is 128 g/mol. The third kappa shape index (κ3) is 3.68. The second-order valence-corrected chi connectivity index (χ2v) is 1.65. The predicted octanol–water partition coefficient (Wildman–Crippen LogP) is 1.69. The zero-order chi connectivity index (χ0) is 7.28. The van der Waals surface area contributed by atoms with Crippen molar-refractivity contribution >= 4 is 0 Å². The summed E-state index contributed by atoms with van der Waals surface area (Å²) >= 11 is 0. The summed E-state index contributed by atoms with van der Waals surface area (Å²) in [5.74, 6) is 1.46. The molecular weight excluding hydrogens is 116 g/mol. The van der Waals surface area contributed by atoms with Crippen LogP contribution in [0.2, 0.25) is 0 Å². The van der Waals surface area contributed by atoms with E-state index in [2.05, 4.69) is 5.73 Å². The molecule has 2 heteroatoms. The molecule has 0 aromatic carbocycles. The van der Waals surface area contributed by atoms with Gasteiger partial charge in [0.05, 0.1) is 14.2 Å². The molecule has 0 saturated heterocycles. The molecule has 0 rings (SSSR count). The fourth-order valence-corrected chi connectivity index (χ4v) is 0.350. The molecular formula is C7H12O2. The van der Waals surface area contributed by atoms with Crippen molar-refractivity contribution in [1.82, 2.24) is 0 Å². The Morgan fingerprint density at radius 1 is 1.00 bits per heavy atom. The lowest BCUT2D eigenvalue weighted by Gasteiger charge is -1.94. The molecule has 2 nitrogen and oxygen atoms in total. The van der Waals surface area contributed by atoms with E-state index in [0.717, 1.165) is 11.5 Å². The van der Waals surface area contributed by atoms with Gasteiger partial charge >= 0.3 is 0 Å². The fraction of sp³-hybridized carbons (Fsp3) is 0.571. The molecule has 0 aromatic heterocycles. The van der Waals surface area contributed by atoms with E-state index in [0.29, 0.717) is 0 Å². The first-order chi connectivity index (χ1) is 4.20. The van der Waals surface area contributed by atoms with Crippen molar-refractivity contribution in [3.8, 4) is 0 Å². The van der Waals surface area contributed by atoms with Crippen LogP contribution in [0.1, 0.15) is 13.8 Å². The predicted molar refractivity (Wildman–Crippen MR) is 35.9 cm³/mol. The summed E-state index contributed by atoms with van der Waals surface area (Å²) in [7, 11) is 3.20. The molecule has 0 atom stereocenters. The van der Waals surface area contributed by atoms with E-state index < -0.39 is 0 Å². The quantitative estimate of drug-likeness (QED) is 0.416. The van der Waals surface area contributed by atoms with Gasteiger partial charge in [-0.3, -0.25) is 0 Å². The first-order valence-electron chi connectivity index (χ1n) is 2.72. The van der Waals surface area contributed by atoms with Crippen LogP contribution in [-0.2, 0) is 9.47 Å². The first kappa shape index (κ1) is 8.12. The van der Waals surface area contributed by atoms with Crippen LogP contribution in [0.3, 0.4) is 0 Å². The van der Waals surface area contributed by atoms with Crippen LogP contribution in [0.4, 0.5) is 0 Å². The maximum atomic E-state index is 4.83. The Balaban J connectivity index is 4.19. The van der Waals surface area contributed by atoms with Gasteiger partial charge in [0.1, 0.15) is 11.5 Å². The summed E-state index contributed by atoms with van der Waals surface area (Å²) in [5.41, 5.74) is 2.87. The van der Waals surface area contributed by atoms with Crippen molar-refractivity contribution in [3.05, 3.63) is 17.2 Å². The van der Waals surface area contributed by atoms with Gasteiger partial charge in [-0.2, -0.15) is 0 Å². The van der Waals surface area contributed by atoms with Gasteiger partial charge < -0.3 is 9.47 Å². The maximum Gasteiger partial charge on any atom is 0.138 e. The molecule has 0 aliphatic heterocycles. The average Bonchev–Trinajstić information content (AvgIpc) is 1.87.